The summed E-state index contributed by atoms with van der Waals surface area (Å²) in [5.41, 5.74) is 1.77. The molecule has 0 bridgehead atoms. The Bertz CT molecular complexity index is 707. The Kier molecular flexibility index (Phi) is 2.71. The predicted octanol–water partition coefficient (Wildman–Crippen LogP) is 2.24. The lowest BCUT2D eigenvalue weighted by Gasteiger charge is -2.02. The third-order valence-electron chi connectivity index (χ3n) is 2.65. The second-order valence-corrected chi connectivity index (χ2v) is 4.55. The van der Waals surface area contributed by atoms with Gasteiger partial charge in [-0.3, -0.25) is 0 Å². The van der Waals surface area contributed by atoms with Crippen molar-refractivity contribution in [2.75, 3.05) is 6.26 Å². The van der Waals surface area contributed by atoms with E-state index in [2.05, 4.69) is 20.1 Å². The number of hydrogen-bond donors (Lipinski definition) is 0. The molecule has 5 nitrogen and oxygen atoms in total. The van der Waals surface area contributed by atoms with Gasteiger partial charge in [0, 0.05) is 23.8 Å². The van der Waals surface area contributed by atoms with Crippen LogP contribution in [-0.2, 0) is 0 Å². The number of thioether (sulfide) groups is 1. The van der Waals surface area contributed by atoms with Crippen LogP contribution in [0.2, 0.25) is 0 Å². The minimum Gasteiger partial charge on any atom is -0.236 e. The van der Waals surface area contributed by atoms with E-state index in [0.717, 1.165) is 27.7 Å². The highest BCUT2D eigenvalue weighted by molar-refractivity contribution is 7.98. The van der Waals surface area contributed by atoms with Crippen LogP contribution < -0.4 is 0 Å². The topological polar surface area (TPSA) is 56.5 Å². The molecule has 6 heteroatoms. The second kappa shape index (κ2) is 4.38. The summed E-state index contributed by atoms with van der Waals surface area (Å²) in [5.74, 6) is 0.742. The number of aromatic nitrogens is 5. The van der Waals surface area contributed by atoms with Gasteiger partial charge in [0.2, 0.25) is 0 Å². The van der Waals surface area contributed by atoms with Crippen LogP contribution in [0.25, 0.3) is 16.9 Å². The van der Waals surface area contributed by atoms with Crippen molar-refractivity contribution in [1.82, 2.24) is 24.7 Å². The fourth-order valence-electron chi connectivity index (χ4n) is 1.81. The van der Waals surface area contributed by atoms with Crippen molar-refractivity contribution in [3.8, 4) is 5.82 Å². The Morgan fingerprint density at radius 3 is 2.89 bits per heavy atom. The summed E-state index contributed by atoms with van der Waals surface area (Å²) in [6, 6.07) is 5.76. The van der Waals surface area contributed by atoms with Gasteiger partial charge in [0.05, 0.1) is 5.69 Å². The van der Waals surface area contributed by atoms with E-state index in [9.17, 15) is 0 Å². The van der Waals surface area contributed by atoms with Crippen LogP contribution in [-0.4, -0.2) is 31.0 Å². The Morgan fingerprint density at radius 1 is 1.17 bits per heavy atom. The zero-order valence-electron chi connectivity index (χ0n) is 10.0. The summed E-state index contributed by atoms with van der Waals surface area (Å²) < 4.78 is 1.76. The number of hydrogen-bond acceptors (Lipinski definition) is 5. The smallest absolute Gasteiger partial charge is 0.189 e. The fraction of sp³-hybridized carbons (Fsp3) is 0.167. The Labute approximate surface area is 108 Å². The maximum absolute atomic E-state index is 4.49. The molecular weight excluding hydrogens is 246 g/mol. The van der Waals surface area contributed by atoms with Crippen molar-refractivity contribution in [2.45, 2.75) is 12.1 Å². The highest BCUT2D eigenvalue weighted by Crippen LogP contribution is 2.19. The number of nitrogens with zero attached hydrogens (tertiary/aromatic N) is 5. The molecule has 0 aliphatic heterocycles. The zero-order chi connectivity index (χ0) is 12.5. The van der Waals surface area contributed by atoms with Crippen molar-refractivity contribution < 1.29 is 0 Å². The molecule has 0 saturated heterocycles. The molecule has 0 saturated carbocycles. The van der Waals surface area contributed by atoms with E-state index in [1.54, 1.807) is 17.1 Å². The molecule has 0 unspecified atom stereocenters. The molecule has 90 valence electrons. The molecule has 18 heavy (non-hydrogen) atoms. The maximum atomic E-state index is 4.49. The van der Waals surface area contributed by atoms with Gasteiger partial charge in [-0.1, -0.05) is 11.8 Å². The van der Waals surface area contributed by atoms with Gasteiger partial charge in [-0.05, 0) is 25.3 Å². The first-order valence-electron chi connectivity index (χ1n) is 5.47. The fourth-order valence-corrected chi connectivity index (χ4v) is 2.16. The zero-order valence-corrected chi connectivity index (χ0v) is 10.8. The van der Waals surface area contributed by atoms with Gasteiger partial charge in [0.15, 0.2) is 16.6 Å². The average molecular weight is 257 g/mol. The summed E-state index contributed by atoms with van der Waals surface area (Å²) in [5, 5.41) is 6.26. The molecule has 0 spiro atoms. The molecule has 3 heterocycles. The summed E-state index contributed by atoms with van der Waals surface area (Å²) in [6.45, 7) is 1.97. The summed E-state index contributed by atoms with van der Waals surface area (Å²) in [6.07, 6.45) is 5.44. The van der Waals surface area contributed by atoms with Gasteiger partial charge in [-0.15, -0.1) is 0 Å². The van der Waals surface area contributed by atoms with Gasteiger partial charge in [0.25, 0.3) is 0 Å². The van der Waals surface area contributed by atoms with E-state index in [0.29, 0.717) is 0 Å². The number of pyridine rings is 1. The normalized spacial score (nSPS) is 11.0. The van der Waals surface area contributed by atoms with E-state index < -0.39 is 0 Å². The van der Waals surface area contributed by atoms with Crippen molar-refractivity contribution in [3.05, 3.63) is 36.3 Å². The number of aryl methyl sites for hydroxylation is 1. The molecular formula is C12H11N5S. The number of fused-ring (bicyclic) bond motifs is 1. The van der Waals surface area contributed by atoms with Gasteiger partial charge >= 0.3 is 0 Å². The SMILES string of the molecule is CSc1nccc(-n2nc(C)c3cccnc32)n1. The first kappa shape index (κ1) is 11.2. The Morgan fingerprint density at radius 2 is 2.06 bits per heavy atom. The molecule has 0 aliphatic carbocycles. The lowest BCUT2D eigenvalue weighted by atomic mass is 10.3. The minimum absolute atomic E-state index is 0.727. The van der Waals surface area contributed by atoms with Crippen LogP contribution >= 0.6 is 11.8 Å². The van der Waals surface area contributed by atoms with Crippen LogP contribution in [0.4, 0.5) is 0 Å². The van der Waals surface area contributed by atoms with Crippen LogP contribution in [0.5, 0.6) is 0 Å². The third-order valence-corrected chi connectivity index (χ3v) is 3.21. The third kappa shape index (κ3) is 1.74. The van der Waals surface area contributed by atoms with Gasteiger partial charge in [0.1, 0.15) is 0 Å². The maximum Gasteiger partial charge on any atom is 0.189 e. The van der Waals surface area contributed by atoms with Crippen molar-refractivity contribution in [1.29, 1.82) is 0 Å². The molecule has 0 aromatic carbocycles. The standard InChI is InChI=1S/C12H11N5S/c1-8-9-4-3-6-13-11(9)17(16-8)10-5-7-14-12(15-10)18-2/h3-7H,1-2H3. The molecule has 0 fully saturated rings. The lowest BCUT2D eigenvalue weighted by Crippen LogP contribution is -2.02. The minimum atomic E-state index is 0.727. The van der Waals surface area contributed by atoms with Crippen LogP contribution in [0.15, 0.2) is 35.7 Å². The van der Waals surface area contributed by atoms with E-state index in [1.807, 2.05) is 31.4 Å². The largest absolute Gasteiger partial charge is 0.236 e. The molecule has 3 aromatic heterocycles. The first-order chi connectivity index (χ1) is 8.79. The lowest BCUT2D eigenvalue weighted by molar-refractivity contribution is 0.810. The summed E-state index contributed by atoms with van der Waals surface area (Å²) in [7, 11) is 0. The molecule has 0 aliphatic rings. The van der Waals surface area contributed by atoms with Crippen molar-refractivity contribution in [3.63, 3.8) is 0 Å². The highest BCUT2D eigenvalue weighted by atomic mass is 32.2. The summed E-state index contributed by atoms with van der Waals surface area (Å²) >= 11 is 1.51. The van der Waals surface area contributed by atoms with Crippen molar-refractivity contribution in [2.24, 2.45) is 0 Å². The highest BCUT2D eigenvalue weighted by Gasteiger charge is 2.10. The van der Waals surface area contributed by atoms with E-state index in [-0.39, 0.29) is 0 Å². The Balaban J connectivity index is 2.25. The average Bonchev–Trinajstić information content (AvgIpc) is 2.77. The molecule has 0 atom stereocenters. The second-order valence-electron chi connectivity index (χ2n) is 3.77. The monoisotopic (exact) mass is 257 g/mol. The van der Waals surface area contributed by atoms with Gasteiger partial charge in [-0.25, -0.2) is 15.0 Å². The molecule has 0 N–H and O–H groups in total. The molecule has 3 aromatic rings. The molecule has 0 radical (unpaired) electrons. The first-order valence-corrected chi connectivity index (χ1v) is 6.70. The van der Waals surface area contributed by atoms with Gasteiger partial charge < -0.3 is 0 Å². The van der Waals surface area contributed by atoms with Crippen LogP contribution in [0.3, 0.4) is 0 Å². The molecule has 3 rings (SSSR count). The Hall–Kier alpha value is -1.95. The van der Waals surface area contributed by atoms with E-state index in [1.165, 1.54) is 11.8 Å². The predicted molar refractivity (Wildman–Crippen MR) is 71.0 cm³/mol. The number of rotatable bonds is 2. The van der Waals surface area contributed by atoms with Crippen LogP contribution in [0.1, 0.15) is 5.69 Å². The van der Waals surface area contributed by atoms with E-state index in [4.69, 9.17) is 0 Å². The van der Waals surface area contributed by atoms with E-state index >= 15 is 0 Å². The van der Waals surface area contributed by atoms with Crippen LogP contribution in [0, 0.1) is 6.92 Å². The van der Waals surface area contributed by atoms with Crippen molar-refractivity contribution >= 4 is 22.8 Å². The molecule has 0 amide bonds. The van der Waals surface area contributed by atoms with Gasteiger partial charge in [-0.2, -0.15) is 9.78 Å². The quantitative estimate of drug-likeness (QED) is 0.520. The summed E-state index contributed by atoms with van der Waals surface area (Å²) in [4.78, 5) is 13.0.